The van der Waals surface area contributed by atoms with Crippen molar-refractivity contribution in [2.75, 3.05) is 18.0 Å². The van der Waals surface area contributed by atoms with Gasteiger partial charge in [-0.15, -0.1) is 0 Å². The van der Waals surface area contributed by atoms with Crippen LogP contribution in [-0.4, -0.2) is 18.2 Å². The van der Waals surface area contributed by atoms with Crippen LogP contribution in [0.2, 0.25) is 0 Å². The molecule has 1 atom stereocenters. The second-order valence-electron chi connectivity index (χ2n) is 5.14. The lowest BCUT2D eigenvalue weighted by molar-refractivity contribution is 0.198. The minimum Gasteiger partial charge on any atom is -0.389 e. The number of aliphatic hydroxyl groups excluding tert-OH is 1. The first-order valence-electron chi connectivity index (χ1n) is 6.91. The van der Waals surface area contributed by atoms with Gasteiger partial charge in [-0.25, -0.2) is 0 Å². The largest absolute Gasteiger partial charge is 0.389 e. The number of halogens is 1. The van der Waals surface area contributed by atoms with E-state index in [1.165, 1.54) is 37.8 Å². The third kappa shape index (κ3) is 3.48. The Morgan fingerprint density at radius 2 is 1.72 bits per heavy atom. The molecule has 0 radical (unpaired) electrons. The van der Waals surface area contributed by atoms with Gasteiger partial charge in [-0.2, -0.15) is 0 Å². The molecule has 3 heteroatoms. The van der Waals surface area contributed by atoms with Crippen molar-refractivity contribution in [1.82, 2.24) is 0 Å². The molecule has 0 bridgehead atoms. The van der Waals surface area contributed by atoms with E-state index in [2.05, 4.69) is 33.0 Å². The van der Waals surface area contributed by atoms with Gasteiger partial charge in [0.15, 0.2) is 0 Å². The predicted molar refractivity (Wildman–Crippen MR) is 80.1 cm³/mol. The number of hydrogen-bond acceptors (Lipinski definition) is 2. The summed E-state index contributed by atoms with van der Waals surface area (Å²) in [5.41, 5.74) is 2.24. The molecule has 0 saturated carbocycles. The maximum Gasteiger partial charge on any atom is 0.0772 e. The lowest BCUT2D eigenvalue weighted by atomic mass is 10.1. The topological polar surface area (TPSA) is 23.5 Å². The Hall–Kier alpha value is -0.540. The van der Waals surface area contributed by atoms with Crippen LogP contribution in [0.1, 0.15) is 50.7 Å². The first-order chi connectivity index (χ1) is 8.68. The number of aliphatic hydroxyl groups is 1. The average Bonchev–Trinajstić information content (AvgIpc) is 2.27. The Morgan fingerprint density at radius 3 is 2.28 bits per heavy atom. The molecule has 1 heterocycles. The van der Waals surface area contributed by atoms with Crippen molar-refractivity contribution < 1.29 is 5.11 Å². The van der Waals surface area contributed by atoms with Gasteiger partial charge in [-0.05, 0) is 37.5 Å². The van der Waals surface area contributed by atoms with Crippen LogP contribution in [0, 0.1) is 0 Å². The summed E-state index contributed by atoms with van der Waals surface area (Å²) in [5, 5.41) is 9.64. The normalized spacial score (nSPS) is 19.2. The molecule has 1 aliphatic rings. The quantitative estimate of drug-likeness (QED) is 0.881. The monoisotopic (exact) mass is 311 g/mol. The zero-order valence-electron chi connectivity index (χ0n) is 11.0. The van der Waals surface area contributed by atoms with E-state index < -0.39 is 6.10 Å². The fraction of sp³-hybridized carbons (Fsp3) is 0.600. The van der Waals surface area contributed by atoms with Gasteiger partial charge in [-0.1, -0.05) is 41.3 Å². The van der Waals surface area contributed by atoms with E-state index in [1.807, 2.05) is 6.07 Å². The molecule has 0 unspecified atom stereocenters. The average molecular weight is 312 g/mol. The summed E-state index contributed by atoms with van der Waals surface area (Å²) in [6, 6.07) is 6.31. The summed E-state index contributed by atoms with van der Waals surface area (Å²) in [7, 11) is 0. The number of anilines is 1. The Balaban J connectivity index is 2.14. The molecule has 1 N–H and O–H groups in total. The van der Waals surface area contributed by atoms with Crippen molar-refractivity contribution in [3.63, 3.8) is 0 Å². The van der Waals surface area contributed by atoms with E-state index in [4.69, 9.17) is 0 Å². The van der Waals surface area contributed by atoms with Crippen LogP contribution in [0.3, 0.4) is 0 Å². The summed E-state index contributed by atoms with van der Waals surface area (Å²) in [6.07, 6.45) is 6.25. The van der Waals surface area contributed by atoms with Gasteiger partial charge >= 0.3 is 0 Å². The van der Waals surface area contributed by atoms with Crippen LogP contribution < -0.4 is 4.90 Å². The second-order valence-corrected chi connectivity index (χ2v) is 5.99. The van der Waals surface area contributed by atoms with Crippen LogP contribution in [-0.2, 0) is 0 Å². The molecule has 1 saturated heterocycles. The second kappa shape index (κ2) is 6.58. The fourth-order valence-electron chi connectivity index (χ4n) is 2.56. The number of nitrogens with zero attached hydrogens (tertiary/aromatic N) is 1. The lowest BCUT2D eigenvalue weighted by Crippen LogP contribution is -2.26. The van der Waals surface area contributed by atoms with Crippen molar-refractivity contribution in [2.24, 2.45) is 0 Å². The highest BCUT2D eigenvalue weighted by Crippen LogP contribution is 2.29. The molecule has 0 aromatic heterocycles. The van der Waals surface area contributed by atoms with E-state index in [0.29, 0.717) is 0 Å². The van der Waals surface area contributed by atoms with Crippen LogP contribution in [0.15, 0.2) is 22.7 Å². The van der Waals surface area contributed by atoms with E-state index in [-0.39, 0.29) is 0 Å². The molecule has 18 heavy (non-hydrogen) atoms. The molecule has 1 aromatic carbocycles. The van der Waals surface area contributed by atoms with Gasteiger partial charge in [0.1, 0.15) is 0 Å². The standard InChI is InChI=1S/C15H22BrNO/c1-12(18)14-8-7-13(11-15(14)16)17-9-5-3-2-4-6-10-17/h7-8,11-12,18H,2-6,9-10H2,1H3/t12-/m1/s1. The maximum atomic E-state index is 9.64. The van der Waals surface area contributed by atoms with E-state index >= 15 is 0 Å². The molecule has 100 valence electrons. The van der Waals surface area contributed by atoms with Gasteiger partial charge in [0.2, 0.25) is 0 Å². The van der Waals surface area contributed by atoms with Crippen LogP contribution in [0.5, 0.6) is 0 Å². The Labute approximate surface area is 118 Å². The maximum absolute atomic E-state index is 9.64. The van der Waals surface area contributed by atoms with Crippen LogP contribution in [0.25, 0.3) is 0 Å². The summed E-state index contributed by atoms with van der Waals surface area (Å²) < 4.78 is 1.01. The SMILES string of the molecule is C[C@@H](O)c1ccc(N2CCCCCCC2)cc1Br. The van der Waals surface area contributed by atoms with Crippen molar-refractivity contribution >= 4 is 21.6 Å². The molecule has 1 aromatic rings. The van der Waals surface area contributed by atoms with Gasteiger partial charge < -0.3 is 10.0 Å². The fourth-order valence-corrected chi connectivity index (χ4v) is 3.26. The summed E-state index contributed by atoms with van der Waals surface area (Å²) >= 11 is 3.56. The minimum absolute atomic E-state index is 0.416. The molecule has 0 amide bonds. The Kier molecular flexibility index (Phi) is 5.07. The summed E-state index contributed by atoms with van der Waals surface area (Å²) in [5.74, 6) is 0. The van der Waals surface area contributed by atoms with Crippen molar-refractivity contribution in [2.45, 2.75) is 45.1 Å². The third-order valence-corrected chi connectivity index (χ3v) is 4.34. The van der Waals surface area contributed by atoms with Crippen molar-refractivity contribution in [1.29, 1.82) is 0 Å². The molecular weight excluding hydrogens is 290 g/mol. The van der Waals surface area contributed by atoms with Gasteiger partial charge in [0, 0.05) is 23.2 Å². The smallest absolute Gasteiger partial charge is 0.0772 e. The van der Waals surface area contributed by atoms with Crippen LogP contribution in [0.4, 0.5) is 5.69 Å². The minimum atomic E-state index is -0.416. The van der Waals surface area contributed by atoms with E-state index in [0.717, 1.165) is 23.1 Å². The highest BCUT2D eigenvalue weighted by Gasteiger charge is 2.12. The zero-order chi connectivity index (χ0) is 13.0. The molecular formula is C15H22BrNO. The van der Waals surface area contributed by atoms with Crippen molar-refractivity contribution in [3.8, 4) is 0 Å². The summed E-state index contributed by atoms with van der Waals surface area (Å²) in [6.45, 7) is 4.11. The van der Waals surface area contributed by atoms with E-state index in [9.17, 15) is 5.11 Å². The third-order valence-electron chi connectivity index (χ3n) is 3.66. The van der Waals surface area contributed by atoms with Gasteiger partial charge in [0.05, 0.1) is 6.10 Å². The molecule has 2 nitrogen and oxygen atoms in total. The Morgan fingerprint density at radius 1 is 1.11 bits per heavy atom. The molecule has 2 rings (SSSR count). The first-order valence-corrected chi connectivity index (χ1v) is 7.70. The van der Waals surface area contributed by atoms with Gasteiger partial charge in [0.25, 0.3) is 0 Å². The lowest BCUT2D eigenvalue weighted by Gasteiger charge is -2.27. The highest BCUT2D eigenvalue weighted by molar-refractivity contribution is 9.10. The number of hydrogen-bond donors (Lipinski definition) is 1. The molecule has 1 fully saturated rings. The number of benzene rings is 1. The highest BCUT2D eigenvalue weighted by atomic mass is 79.9. The van der Waals surface area contributed by atoms with Crippen molar-refractivity contribution in [3.05, 3.63) is 28.2 Å². The molecule has 0 spiro atoms. The first kappa shape index (κ1) is 13.9. The van der Waals surface area contributed by atoms with E-state index in [1.54, 1.807) is 6.92 Å². The van der Waals surface area contributed by atoms with Gasteiger partial charge in [-0.3, -0.25) is 0 Å². The number of rotatable bonds is 2. The Bertz CT molecular complexity index is 384. The molecule has 1 aliphatic heterocycles. The molecule has 0 aliphatic carbocycles. The summed E-state index contributed by atoms with van der Waals surface area (Å²) in [4.78, 5) is 2.47. The predicted octanol–water partition coefficient (Wildman–Crippen LogP) is 4.27. The van der Waals surface area contributed by atoms with Crippen LogP contribution >= 0.6 is 15.9 Å². The zero-order valence-corrected chi connectivity index (χ0v) is 12.6.